The van der Waals surface area contributed by atoms with Gasteiger partial charge in [-0.1, -0.05) is 12.1 Å². The molecule has 1 aromatic rings. The Morgan fingerprint density at radius 3 is 2.33 bits per heavy atom. The summed E-state index contributed by atoms with van der Waals surface area (Å²) >= 11 is 0. The van der Waals surface area contributed by atoms with Crippen LogP contribution in [0.4, 0.5) is 4.79 Å². The fraction of sp³-hybridized carbons (Fsp3) is 0.565. The fourth-order valence-corrected chi connectivity index (χ4v) is 3.03. The van der Waals surface area contributed by atoms with Crippen LogP contribution in [0.1, 0.15) is 59.6 Å². The van der Waals surface area contributed by atoms with E-state index in [0.29, 0.717) is 5.56 Å². The summed E-state index contributed by atoms with van der Waals surface area (Å²) in [7, 11) is 0. The van der Waals surface area contributed by atoms with Crippen molar-refractivity contribution in [1.29, 1.82) is 0 Å². The maximum absolute atomic E-state index is 13.1. The number of alkyl carbamates (subject to hydrolysis) is 1. The molecule has 0 spiro atoms. The number of nitrogens with one attached hydrogen (secondary N) is 2. The standard InChI is InChI=1S/C23H35N3O7/c1-7-32-19(29)11-12-24-21(30)20(16-9-8-10-17(27)13-16)26(15(2)3)18(28)14-25-22(31)33-23(4,5)6/h8-10,13,15,20,27H,7,11-12,14H2,1-6H3,(H,24,30)(H,25,31). The average molecular weight is 466 g/mol. The average Bonchev–Trinajstić information content (AvgIpc) is 2.68. The smallest absolute Gasteiger partial charge is 0.408 e. The van der Waals surface area contributed by atoms with Gasteiger partial charge in [-0.25, -0.2) is 4.79 Å². The Labute approximate surface area is 194 Å². The van der Waals surface area contributed by atoms with Gasteiger partial charge in [0, 0.05) is 12.6 Å². The molecule has 10 heteroatoms. The number of rotatable bonds is 10. The zero-order valence-electron chi connectivity index (χ0n) is 20.1. The molecule has 1 rings (SSSR count). The van der Waals surface area contributed by atoms with E-state index in [1.54, 1.807) is 53.7 Å². The highest BCUT2D eigenvalue weighted by molar-refractivity contribution is 5.90. The van der Waals surface area contributed by atoms with E-state index in [1.807, 2.05) is 0 Å². The highest BCUT2D eigenvalue weighted by atomic mass is 16.6. The predicted molar refractivity (Wildman–Crippen MR) is 121 cm³/mol. The number of ether oxygens (including phenoxy) is 2. The molecule has 0 aliphatic rings. The third kappa shape index (κ3) is 9.80. The summed E-state index contributed by atoms with van der Waals surface area (Å²) in [6.07, 6.45) is -0.783. The maximum atomic E-state index is 13.1. The van der Waals surface area contributed by atoms with E-state index in [2.05, 4.69) is 10.6 Å². The van der Waals surface area contributed by atoms with Crippen molar-refractivity contribution in [2.24, 2.45) is 0 Å². The van der Waals surface area contributed by atoms with E-state index in [1.165, 1.54) is 17.0 Å². The lowest BCUT2D eigenvalue weighted by molar-refractivity contribution is -0.144. The van der Waals surface area contributed by atoms with Gasteiger partial charge in [-0.3, -0.25) is 14.4 Å². The first-order valence-corrected chi connectivity index (χ1v) is 10.9. The highest BCUT2D eigenvalue weighted by Gasteiger charge is 2.33. The molecule has 0 fully saturated rings. The van der Waals surface area contributed by atoms with Gasteiger partial charge in [0.05, 0.1) is 13.0 Å². The van der Waals surface area contributed by atoms with Gasteiger partial charge in [0.15, 0.2) is 0 Å². The summed E-state index contributed by atoms with van der Waals surface area (Å²) in [6, 6.07) is 4.48. The van der Waals surface area contributed by atoms with Crippen LogP contribution in [-0.4, -0.2) is 65.2 Å². The molecule has 1 aromatic carbocycles. The number of nitrogens with zero attached hydrogens (tertiary/aromatic N) is 1. The number of hydrogen-bond acceptors (Lipinski definition) is 7. The van der Waals surface area contributed by atoms with Gasteiger partial charge < -0.3 is 30.1 Å². The molecule has 0 saturated carbocycles. The molecule has 1 atom stereocenters. The van der Waals surface area contributed by atoms with E-state index in [0.717, 1.165) is 0 Å². The number of carbonyl (C=O) groups is 4. The number of phenols is 1. The lowest BCUT2D eigenvalue weighted by atomic mass is 10.0. The van der Waals surface area contributed by atoms with Gasteiger partial charge in [0.2, 0.25) is 11.8 Å². The van der Waals surface area contributed by atoms with E-state index >= 15 is 0 Å². The Balaban J connectivity index is 3.08. The maximum Gasteiger partial charge on any atom is 0.408 e. The molecule has 184 valence electrons. The molecule has 3 amide bonds. The minimum atomic E-state index is -1.10. The second-order valence-electron chi connectivity index (χ2n) is 8.59. The zero-order chi connectivity index (χ0) is 25.2. The van der Waals surface area contributed by atoms with Crippen molar-refractivity contribution in [3.05, 3.63) is 29.8 Å². The molecule has 33 heavy (non-hydrogen) atoms. The molecule has 0 heterocycles. The third-order valence-electron chi connectivity index (χ3n) is 4.27. The van der Waals surface area contributed by atoms with Gasteiger partial charge in [-0.05, 0) is 59.2 Å². The number of benzene rings is 1. The van der Waals surface area contributed by atoms with Crippen LogP contribution in [0, 0.1) is 0 Å². The fourth-order valence-electron chi connectivity index (χ4n) is 3.03. The number of phenolic OH excluding ortho intramolecular Hbond substituents is 1. The van der Waals surface area contributed by atoms with Crippen molar-refractivity contribution < 1.29 is 33.8 Å². The quantitative estimate of drug-likeness (QED) is 0.451. The number of carbonyl (C=O) groups excluding carboxylic acids is 4. The summed E-state index contributed by atoms with van der Waals surface area (Å²) in [6.45, 7) is 10.1. The molecule has 0 bridgehead atoms. The largest absolute Gasteiger partial charge is 0.508 e. The lowest BCUT2D eigenvalue weighted by Crippen LogP contribution is -2.50. The molecule has 10 nitrogen and oxygen atoms in total. The van der Waals surface area contributed by atoms with Gasteiger partial charge in [0.25, 0.3) is 0 Å². The molecule has 0 aromatic heterocycles. The minimum absolute atomic E-state index is 0.0171. The van der Waals surface area contributed by atoms with Crippen molar-refractivity contribution in [2.45, 2.75) is 65.6 Å². The van der Waals surface area contributed by atoms with Crippen LogP contribution in [0.15, 0.2) is 24.3 Å². The van der Waals surface area contributed by atoms with Crippen LogP contribution in [0.3, 0.4) is 0 Å². The number of amides is 3. The number of aromatic hydroxyl groups is 1. The predicted octanol–water partition coefficient (Wildman–Crippen LogP) is 2.26. The Morgan fingerprint density at radius 2 is 1.79 bits per heavy atom. The van der Waals surface area contributed by atoms with Crippen LogP contribution in [0.5, 0.6) is 5.75 Å². The van der Waals surface area contributed by atoms with Crippen molar-refractivity contribution >= 4 is 23.9 Å². The van der Waals surface area contributed by atoms with E-state index in [9.17, 15) is 24.3 Å². The van der Waals surface area contributed by atoms with E-state index in [-0.39, 0.29) is 25.3 Å². The molecule has 3 N–H and O–H groups in total. The van der Waals surface area contributed by atoms with E-state index in [4.69, 9.17) is 9.47 Å². The van der Waals surface area contributed by atoms with Crippen molar-refractivity contribution in [1.82, 2.24) is 15.5 Å². The molecule has 0 aliphatic heterocycles. The highest BCUT2D eigenvalue weighted by Crippen LogP contribution is 2.26. The molecular formula is C23H35N3O7. The summed E-state index contributed by atoms with van der Waals surface area (Å²) in [5.74, 6) is -1.58. The lowest BCUT2D eigenvalue weighted by Gasteiger charge is -2.34. The zero-order valence-corrected chi connectivity index (χ0v) is 20.1. The molecule has 0 aliphatic carbocycles. The molecular weight excluding hydrogens is 430 g/mol. The molecule has 1 unspecified atom stereocenters. The second kappa shape index (κ2) is 12.7. The first-order valence-electron chi connectivity index (χ1n) is 10.9. The van der Waals surface area contributed by atoms with Crippen molar-refractivity contribution in [2.75, 3.05) is 19.7 Å². The Morgan fingerprint density at radius 1 is 1.12 bits per heavy atom. The Hall–Kier alpha value is -3.30. The van der Waals surface area contributed by atoms with Crippen molar-refractivity contribution in [3.8, 4) is 5.75 Å². The summed E-state index contributed by atoms with van der Waals surface area (Å²) < 4.78 is 10.0. The number of hydrogen-bond donors (Lipinski definition) is 3. The van der Waals surface area contributed by atoms with Crippen LogP contribution >= 0.6 is 0 Å². The molecule has 0 saturated heterocycles. The first-order chi connectivity index (χ1) is 15.4. The normalized spacial score (nSPS) is 12.0. The topological polar surface area (TPSA) is 134 Å². The number of esters is 1. The van der Waals surface area contributed by atoms with E-state index < -0.39 is 48.1 Å². The van der Waals surface area contributed by atoms with Crippen LogP contribution in [-0.2, 0) is 23.9 Å². The van der Waals surface area contributed by atoms with Crippen LogP contribution in [0.2, 0.25) is 0 Å². The Bertz CT molecular complexity index is 834. The summed E-state index contributed by atoms with van der Waals surface area (Å²) in [5.41, 5.74) is -0.351. The van der Waals surface area contributed by atoms with Gasteiger partial charge in [-0.15, -0.1) is 0 Å². The van der Waals surface area contributed by atoms with Crippen molar-refractivity contribution in [3.63, 3.8) is 0 Å². The second-order valence-corrected chi connectivity index (χ2v) is 8.59. The Kier molecular flexibility index (Phi) is 10.6. The molecule has 0 radical (unpaired) electrons. The summed E-state index contributed by atoms with van der Waals surface area (Å²) in [4.78, 5) is 51.1. The van der Waals surface area contributed by atoms with Crippen LogP contribution < -0.4 is 10.6 Å². The third-order valence-corrected chi connectivity index (χ3v) is 4.27. The SMILES string of the molecule is CCOC(=O)CCNC(=O)C(c1cccc(O)c1)N(C(=O)CNC(=O)OC(C)(C)C)C(C)C. The van der Waals surface area contributed by atoms with Gasteiger partial charge >= 0.3 is 12.1 Å². The van der Waals surface area contributed by atoms with Gasteiger partial charge in [0.1, 0.15) is 23.9 Å². The monoisotopic (exact) mass is 465 g/mol. The summed E-state index contributed by atoms with van der Waals surface area (Å²) in [5, 5.41) is 15.0. The van der Waals surface area contributed by atoms with Crippen LogP contribution in [0.25, 0.3) is 0 Å². The first kappa shape index (κ1) is 27.7. The van der Waals surface area contributed by atoms with Gasteiger partial charge in [-0.2, -0.15) is 0 Å². The minimum Gasteiger partial charge on any atom is -0.508 e.